The van der Waals surface area contributed by atoms with Crippen LogP contribution in [0.4, 0.5) is 0 Å². The van der Waals surface area contributed by atoms with Gasteiger partial charge in [0.05, 0.1) is 23.6 Å². The highest BCUT2D eigenvalue weighted by Gasteiger charge is 2.18. The van der Waals surface area contributed by atoms with Crippen molar-refractivity contribution in [3.63, 3.8) is 0 Å². The molecule has 2 amide bonds. The fourth-order valence-corrected chi connectivity index (χ4v) is 4.39. The molecule has 1 aromatic heterocycles. The third-order valence-electron chi connectivity index (χ3n) is 5.12. The summed E-state index contributed by atoms with van der Waals surface area (Å²) in [6.45, 7) is 2.65. The Kier molecular flexibility index (Phi) is 7.60. The van der Waals surface area contributed by atoms with Crippen LogP contribution in [0.15, 0.2) is 52.0 Å². The number of carbonyl (C=O) groups excluding carboxylic acids is 2. The lowest BCUT2D eigenvalue weighted by Crippen LogP contribution is -2.31. The minimum Gasteiger partial charge on any atom is -0.467 e. The van der Waals surface area contributed by atoms with Gasteiger partial charge in [-0.3, -0.25) is 9.59 Å². The van der Waals surface area contributed by atoms with Crippen LogP contribution in [0.2, 0.25) is 0 Å². The van der Waals surface area contributed by atoms with Crippen molar-refractivity contribution in [3.8, 4) is 0 Å². The van der Waals surface area contributed by atoms with E-state index in [1.807, 2.05) is 31.2 Å². The Labute approximate surface area is 170 Å². The van der Waals surface area contributed by atoms with Crippen LogP contribution in [-0.2, 0) is 4.79 Å². The second-order valence-corrected chi connectivity index (χ2v) is 8.32. The lowest BCUT2D eigenvalue weighted by atomic mass is 9.89. The molecule has 28 heavy (non-hydrogen) atoms. The van der Waals surface area contributed by atoms with Gasteiger partial charge in [0, 0.05) is 11.4 Å². The van der Waals surface area contributed by atoms with E-state index in [-0.39, 0.29) is 17.9 Å². The average Bonchev–Trinajstić information content (AvgIpc) is 3.27. The predicted octanol–water partition coefficient (Wildman–Crippen LogP) is 4.56. The van der Waals surface area contributed by atoms with Crippen LogP contribution in [0.3, 0.4) is 0 Å². The van der Waals surface area contributed by atoms with E-state index in [4.69, 9.17) is 4.42 Å². The molecule has 0 bridgehead atoms. The molecule has 0 spiro atoms. The highest BCUT2D eigenvalue weighted by Crippen LogP contribution is 2.25. The van der Waals surface area contributed by atoms with Gasteiger partial charge >= 0.3 is 0 Å². The predicted molar refractivity (Wildman–Crippen MR) is 111 cm³/mol. The van der Waals surface area contributed by atoms with E-state index < -0.39 is 0 Å². The number of thioether (sulfide) groups is 1. The van der Waals surface area contributed by atoms with Gasteiger partial charge in [0.25, 0.3) is 5.91 Å². The molecular formula is C22H28N2O3S. The molecule has 1 heterocycles. The number of nitrogens with one attached hydrogen (secondary N) is 2. The second-order valence-electron chi connectivity index (χ2n) is 7.30. The van der Waals surface area contributed by atoms with E-state index in [9.17, 15) is 9.59 Å². The van der Waals surface area contributed by atoms with Crippen LogP contribution >= 0.6 is 11.8 Å². The lowest BCUT2D eigenvalue weighted by molar-refractivity contribution is -0.118. The van der Waals surface area contributed by atoms with Gasteiger partial charge in [-0.15, -0.1) is 11.8 Å². The Hall–Kier alpha value is -2.21. The maximum Gasteiger partial charge on any atom is 0.252 e. The maximum atomic E-state index is 12.7. The zero-order chi connectivity index (χ0) is 19.8. The molecule has 1 saturated carbocycles. The van der Waals surface area contributed by atoms with E-state index >= 15 is 0 Å². The minimum absolute atomic E-state index is 0.0229. The van der Waals surface area contributed by atoms with Gasteiger partial charge in [0.2, 0.25) is 5.91 Å². The zero-order valence-electron chi connectivity index (χ0n) is 16.3. The normalized spacial score (nSPS) is 15.8. The number of amides is 2. The van der Waals surface area contributed by atoms with E-state index in [2.05, 4.69) is 10.6 Å². The Morgan fingerprint density at radius 2 is 1.93 bits per heavy atom. The highest BCUT2D eigenvalue weighted by molar-refractivity contribution is 8.00. The van der Waals surface area contributed by atoms with Crippen molar-refractivity contribution in [1.82, 2.24) is 10.6 Å². The van der Waals surface area contributed by atoms with Gasteiger partial charge < -0.3 is 15.1 Å². The van der Waals surface area contributed by atoms with Crippen molar-refractivity contribution in [3.05, 3.63) is 54.0 Å². The summed E-state index contributed by atoms with van der Waals surface area (Å²) in [5.74, 6) is 1.49. The van der Waals surface area contributed by atoms with E-state index in [1.165, 1.54) is 43.9 Å². The van der Waals surface area contributed by atoms with Crippen LogP contribution in [0.5, 0.6) is 0 Å². The van der Waals surface area contributed by atoms with Gasteiger partial charge in [-0.25, -0.2) is 0 Å². The largest absolute Gasteiger partial charge is 0.467 e. The summed E-state index contributed by atoms with van der Waals surface area (Å²) in [5, 5.41) is 6.00. The average molecular weight is 401 g/mol. The Bertz CT molecular complexity index is 770. The van der Waals surface area contributed by atoms with E-state index in [0.29, 0.717) is 23.0 Å². The Morgan fingerprint density at radius 3 is 2.68 bits per heavy atom. The molecule has 1 fully saturated rings. The smallest absolute Gasteiger partial charge is 0.252 e. The lowest BCUT2D eigenvalue weighted by Gasteiger charge is -2.21. The molecule has 2 N–H and O–H groups in total. The van der Waals surface area contributed by atoms with Crippen LogP contribution in [0, 0.1) is 5.92 Å². The van der Waals surface area contributed by atoms with Crippen molar-refractivity contribution in [2.75, 3.05) is 12.3 Å². The summed E-state index contributed by atoms with van der Waals surface area (Å²) >= 11 is 1.40. The molecule has 0 aliphatic heterocycles. The van der Waals surface area contributed by atoms with Crippen LogP contribution in [-0.4, -0.2) is 24.1 Å². The van der Waals surface area contributed by atoms with Gasteiger partial charge in [-0.05, 0) is 49.9 Å². The molecule has 1 aliphatic carbocycles. The SMILES string of the molecule is CC(NC(=O)c1ccccc1SCC(=O)NCC1CCCCC1)c1ccco1. The highest BCUT2D eigenvalue weighted by atomic mass is 32.2. The first-order valence-corrected chi connectivity index (χ1v) is 10.9. The van der Waals surface area contributed by atoms with Gasteiger partial charge in [-0.1, -0.05) is 31.4 Å². The van der Waals surface area contributed by atoms with Gasteiger partial charge in [0.15, 0.2) is 0 Å². The fraction of sp³-hybridized carbons (Fsp3) is 0.455. The first kappa shape index (κ1) is 20.5. The molecule has 5 nitrogen and oxygen atoms in total. The molecule has 150 valence electrons. The molecule has 1 unspecified atom stereocenters. The summed E-state index contributed by atoms with van der Waals surface area (Å²) in [6, 6.07) is 10.8. The number of benzene rings is 1. The number of hydrogen-bond acceptors (Lipinski definition) is 4. The Balaban J connectivity index is 1.51. The summed E-state index contributed by atoms with van der Waals surface area (Å²) in [7, 11) is 0. The molecule has 1 aliphatic rings. The minimum atomic E-state index is -0.223. The first-order valence-electron chi connectivity index (χ1n) is 9.96. The summed E-state index contributed by atoms with van der Waals surface area (Å²) in [4.78, 5) is 25.7. The molecule has 1 aromatic carbocycles. The molecular weight excluding hydrogens is 372 g/mol. The quantitative estimate of drug-likeness (QED) is 0.637. The van der Waals surface area contributed by atoms with Crippen molar-refractivity contribution in [2.24, 2.45) is 5.92 Å². The number of furan rings is 1. The second kappa shape index (κ2) is 10.4. The number of hydrogen-bond donors (Lipinski definition) is 2. The van der Waals surface area contributed by atoms with E-state index in [1.54, 1.807) is 18.4 Å². The topological polar surface area (TPSA) is 71.3 Å². The molecule has 0 radical (unpaired) electrons. The summed E-state index contributed by atoms with van der Waals surface area (Å²) in [6.07, 6.45) is 7.88. The van der Waals surface area contributed by atoms with Crippen molar-refractivity contribution in [1.29, 1.82) is 0 Å². The van der Waals surface area contributed by atoms with Crippen molar-refractivity contribution >= 4 is 23.6 Å². The molecule has 0 saturated heterocycles. The zero-order valence-corrected chi connectivity index (χ0v) is 17.1. The molecule has 1 atom stereocenters. The number of rotatable bonds is 8. The molecule has 3 rings (SSSR count). The third kappa shape index (κ3) is 5.89. The monoisotopic (exact) mass is 400 g/mol. The number of carbonyl (C=O) groups is 2. The third-order valence-corrected chi connectivity index (χ3v) is 6.19. The van der Waals surface area contributed by atoms with Crippen LogP contribution < -0.4 is 10.6 Å². The van der Waals surface area contributed by atoms with Gasteiger partial charge in [-0.2, -0.15) is 0 Å². The van der Waals surface area contributed by atoms with Crippen molar-refractivity contribution < 1.29 is 14.0 Å². The standard InChI is InChI=1S/C22H28N2O3S/c1-16(19-11-7-13-27-19)24-22(26)18-10-5-6-12-20(18)28-15-21(25)23-14-17-8-3-2-4-9-17/h5-7,10-13,16-17H,2-4,8-9,14-15H2,1H3,(H,23,25)(H,24,26). The van der Waals surface area contributed by atoms with Crippen LogP contribution in [0.25, 0.3) is 0 Å². The van der Waals surface area contributed by atoms with Gasteiger partial charge in [0.1, 0.15) is 5.76 Å². The van der Waals surface area contributed by atoms with Crippen molar-refractivity contribution in [2.45, 2.75) is 50.0 Å². The van der Waals surface area contributed by atoms with Crippen LogP contribution in [0.1, 0.15) is 61.2 Å². The maximum absolute atomic E-state index is 12.7. The summed E-state index contributed by atoms with van der Waals surface area (Å²) < 4.78 is 5.35. The molecule has 6 heteroatoms. The molecule has 2 aromatic rings. The first-order chi connectivity index (χ1) is 13.6. The fourth-order valence-electron chi connectivity index (χ4n) is 3.51. The Morgan fingerprint density at radius 1 is 1.14 bits per heavy atom. The van der Waals surface area contributed by atoms with E-state index in [0.717, 1.165) is 11.4 Å². The summed E-state index contributed by atoms with van der Waals surface area (Å²) in [5.41, 5.74) is 0.575.